The maximum absolute atomic E-state index is 13.5. The first-order chi connectivity index (χ1) is 19.9. The number of amides is 2. The van der Waals surface area contributed by atoms with Crippen LogP contribution in [0.5, 0.6) is 11.5 Å². The van der Waals surface area contributed by atoms with E-state index in [-0.39, 0.29) is 11.7 Å². The molecule has 3 aromatic carbocycles. The lowest BCUT2D eigenvalue weighted by Crippen LogP contribution is -2.42. The van der Waals surface area contributed by atoms with E-state index >= 15 is 0 Å². The standard InChI is InChI=1S/C31H32ClFN4O4/c1-20(38)35-15-14-34-13-3-17-40-25-5-2-4-21(18-25)30-29-26(27-19-22(32)6-11-28(27)36-29)12-16-37(30)31(39)41-24-9-7-23(33)8-10-24/h2,4-11,18-19,30,34,36H,3,12-17H2,1H3,(H,35,38). The molecule has 0 radical (unpaired) electrons. The third kappa shape index (κ3) is 6.99. The summed E-state index contributed by atoms with van der Waals surface area (Å²) in [6.07, 6.45) is 0.882. The molecule has 5 rings (SSSR count). The molecule has 1 aromatic heterocycles. The lowest BCUT2D eigenvalue weighted by Gasteiger charge is -2.35. The molecule has 1 unspecified atom stereocenters. The fourth-order valence-electron chi connectivity index (χ4n) is 5.08. The number of nitrogens with one attached hydrogen (secondary N) is 3. The number of fused-ring (bicyclic) bond motifs is 3. The first-order valence-electron chi connectivity index (χ1n) is 13.6. The van der Waals surface area contributed by atoms with Gasteiger partial charge in [0, 0.05) is 48.2 Å². The van der Waals surface area contributed by atoms with Gasteiger partial charge < -0.3 is 25.1 Å². The number of aromatic amines is 1. The molecule has 2 heterocycles. The molecule has 3 N–H and O–H groups in total. The molecular weight excluding hydrogens is 547 g/mol. The number of carbonyl (C=O) groups is 2. The molecule has 2 amide bonds. The predicted octanol–water partition coefficient (Wildman–Crippen LogP) is 5.60. The minimum atomic E-state index is -0.527. The van der Waals surface area contributed by atoms with Crippen LogP contribution >= 0.6 is 11.6 Å². The van der Waals surface area contributed by atoms with Crippen molar-refractivity contribution in [1.29, 1.82) is 0 Å². The fraction of sp³-hybridized carbons (Fsp3) is 0.290. The smallest absolute Gasteiger partial charge is 0.416 e. The van der Waals surface area contributed by atoms with Gasteiger partial charge in [0.25, 0.3) is 0 Å². The molecule has 0 saturated heterocycles. The number of hydrogen-bond acceptors (Lipinski definition) is 5. The molecule has 4 aromatic rings. The zero-order valence-corrected chi connectivity index (χ0v) is 23.5. The van der Waals surface area contributed by atoms with Crippen LogP contribution in [0.3, 0.4) is 0 Å². The topological polar surface area (TPSA) is 95.7 Å². The molecule has 0 fully saturated rings. The third-order valence-corrected chi connectivity index (χ3v) is 7.19. The van der Waals surface area contributed by atoms with Crippen molar-refractivity contribution in [2.75, 3.05) is 32.8 Å². The summed E-state index contributed by atoms with van der Waals surface area (Å²) in [7, 11) is 0. The van der Waals surface area contributed by atoms with E-state index in [0.717, 1.165) is 40.7 Å². The number of aromatic nitrogens is 1. The molecule has 1 atom stereocenters. The van der Waals surface area contributed by atoms with E-state index in [2.05, 4.69) is 15.6 Å². The van der Waals surface area contributed by atoms with E-state index in [1.165, 1.54) is 31.2 Å². The van der Waals surface area contributed by atoms with E-state index in [1.54, 1.807) is 4.90 Å². The molecule has 1 aliphatic rings. The molecule has 0 spiro atoms. The highest BCUT2D eigenvalue weighted by atomic mass is 35.5. The normalized spacial score (nSPS) is 14.5. The van der Waals surface area contributed by atoms with Crippen LogP contribution in [0.1, 0.15) is 36.2 Å². The van der Waals surface area contributed by atoms with Crippen molar-refractivity contribution < 1.29 is 23.5 Å². The number of halogens is 2. The van der Waals surface area contributed by atoms with Gasteiger partial charge in [0.1, 0.15) is 23.4 Å². The van der Waals surface area contributed by atoms with Gasteiger partial charge in [0.05, 0.1) is 6.61 Å². The van der Waals surface area contributed by atoms with Crippen LogP contribution in [-0.2, 0) is 11.2 Å². The van der Waals surface area contributed by atoms with E-state index in [1.807, 2.05) is 42.5 Å². The Morgan fingerprint density at radius 3 is 2.68 bits per heavy atom. The van der Waals surface area contributed by atoms with E-state index in [9.17, 15) is 14.0 Å². The number of ether oxygens (including phenoxy) is 2. The van der Waals surface area contributed by atoms with Gasteiger partial charge >= 0.3 is 6.09 Å². The van der Waals surface area contributed by atoms with Gasteiger partial charge in [-0.25, -0.2) is 9.18 Å². The highest BCUT2D eigenvalue weighted by Crippen LogP contribution is 2.40. The summed E-state index contributed by atoms with van der Waals surface area (Å²) >= 11 is 6.32. The molecule has 41 heavy (non-hydrogen) atoms. The first kappa shape index (κ1) is 28.4. The number of rotatable bonds is 10. The van der Waals surface area contributed by atoms with Crippen molar-refractivity contribution in [3.8, 4) is 11.5 Å². The molecule has 0 saturated carbocycles. The lowest BCUT2D eigenvalue weighted by atomic mass is 9.92. The Morgan fingerprint density at radius 1 is 1.05 bits per heavy atom. The summed E-state index contributed by atoms with van der Waals surface area (Å²) in [6, 6.07) is 18.4. The minimum absolute atomic E-state index is 0.0429. The van der Waals surface area contributed by atoms with Crippen LogP contribution in [0.25, 0.3) is 10.9 Å². The summed E-state index contributed by atoms with van der Waals surface area (Å²) in [4.78, 5) is 29.6. The van der Waals surface area contributed by atoms with Crippen molar-refractivity contribution in [2.24, 2.45) is 0 Å². The summed E-state index contributed by atoms with van der Waals surface area (Å²) in [5.74, 6) is 0.518. The number of nitrogens with zero attached hydrogens (tertiary/aromatic N) is 1. The van der Waals surface area contributed by atoms with Crippen LogP contribution in [0.2, 0.25) is 5.02 Å². The van der Waals surface area contributed by atoms with E-state index in [0.29, 0.717) is 43.4 Å². The van der Waals surface area contributed by atoms with Crippen LogP contribution in [0.15, 0.2) is 66.7 Å². The Morgan fingerprint density at radius 2 is 1.88 bits per heavy atom. The van der Waals surface area contributed by atoms with Crippen LogP contribution in [0.4, 0.5) is 9.18 Å². The number of carbonyl (C=O) groups excluding carboxylic acids is 2. The Hall–Kier alpha value is -4.08. The van der Waals surface area contributed by atoms with Crippen molar-refractivity contribution in [1.82, 2.24) is 20.5 Å². The molecule has 8 nitrogen and oxygen atoms in total. The maximum Gasteiger partial charge on any atom is 0.416 e. The van der Waals surface area contributed by atoms with Gasteiger partial charge in [-0.2, -0.15) is 0 Å². The summed E-state index contributed by atoms with van der Waals surface area (Å²) in [6.45, 7) is 4.46. The second-order valence-electron chi connectivity index (χ2n) is 9.88. The van der Waals surface area contributed by atoms with Crippen molar-refractivity contribution in [2.45, 2.75) is 25.8 Å². The highest BCUT2D eigenvalue weighted by Gasteiger charge is 2.36. The molecule has 10 heteroatoms. The number of H-pyrrole nitrogens is 1. The fourth-order valence-corrected chi connectivity index (χ4v) is 5.25. The zero-order valence-electron chi connectivity index (χ0n) is 22.7. The largest absolute Gasteiger partial charge is 0.494 e. The van der Waals surface area contributed by atoms with Gasteiger partial charge in [-0.1, -0.05) is 23.7 Å². The predicted molar refractivity (Wildman–Crippen MR) is 156 cm³/mol. The van der Waals surface area contributed by atoms with Crippen molar-refractivity contribution in [3.05, 3.63) is 94.4 Å². The number of benzene rings is 3. The van der Waals surface area contributed by atoms with E-state index in [4.69, 9.17) is 21.1 Å². The Kier molecular flexibility index (Phi) is 9.06. The Balaban J connectivity index is 1.35. The molecule has 1 aliphatic heterocycles. The quantitative estimate of drug-likeness (QED) is 0.213. The third-order valence-electron chi connectivity index (χ3n) is 6.96. The molecular formula is C31H32ClFN4O4. The van der Waals surface area contributed by atoms with Crippen LogP contribution in [0, 0.1) is 5.82 Å². The Labute approximate surface area is 242 Å². The van der Waals surface area contributed by atoms with Gasteiger partial charge in [0.2, 0.25) is 5.91 Å². The van der Waals surface area contributed by atoms with Crippen LogP contribution in [-0.4, -0.2) is 54.7 Å². The monoisotopic (exact) mass is 578 g/mol. The first-order valence-corrected chi connectivity index (χ1v) is 14.0. The minimum Gasteiger partial charge on any atom is -0.494 e. The lowest BCUT2D eigenvalue weighted by molar-refractivity contribution is -0.118. The van der Waals surface area contributed by atoms with E-state index < -0.39 is 18.0 Å². The van der Waals surface area contributed by atoms with Crippen LogP contribution < -0.4 is 20.1 Å². The van der Waals surface area contributed by atoms with Gasteiger partial charge in [-0.15, -0.1) is 0 Å². The average Bonchev–Trinajstić information content (AvgIpc) is 3.33. The van der Waals surface area contributed by atoms with Crippen molar-refractivity contribution >= 4 is 34.5 Å². The maximum atomic E-state index is 13.5. The van der Waals surface area contributed by atoms with Gasteiger partial charge in [-0.3, -0.25) is 9.69 Å². The molecule has 0 bridgehead atoms. The molecule has 0 aliphatic carbocycles. The summed E-state index contributed by atoms with van der Waals surface area (Å²) < 4.78 is 25.1. The van der Waals surface area contributed by atoms with Gasteiger partial charge in [0.15, 0.2) is 0 Å². The summed E-state index contributed by atoms with van der Waals surface area (Å²) in [5, 5.41) is 7.70. The van der Waals surface area contributed by atoms with Gasteiger partial charge in [-0.05, 0) is 85.1 Å². The highest BCUT2D eigenvalue weighted by molar-refractivity contribution is 6.31. The van der Waals surface area contributed by atoms with Crippen molar-refractivity contribution in [3.63, 3.8) is 0 Å². The Bertz CT molecular complexity index is 1520. The summed E-state index contributed by atoms with van der Waals surface area (Å²) in [5.41, 5.74) is 3.81. The average molecular weight is 579 g/mol. The molecule has 214 valence electrons. The second-order valence-corrected chi connectivity index (χ2v) is 10.3. The SMILES string of the molecule is CC(=O)NCCNCCCOc1cccc(C2c3[nH]c4ccc(Cl)cc4c3CCN2C(=O)Oc2ccc(F)cc2)c1. The zero-order chi connectivity index (χ0) is 28.8. The number of hydrogen-bond donors (Lipinski definition) is 3. The second kappa shape index (κ2) is 13.1.